The van der Waals surface area contributed by atoms with Gasteiger partial charge in [-0.15, -0.1) is 11.3 Å². The van der Waals surface area contributed by atoms with Crippen molar-refractivity contribution in [2.45, 2.75) is 13.8 Å². The molecule has 0 atom stereocenters. The number of halogens is 2. The summed E-state index contributed by atoms with van der Waals surface area (Å²) in [6.07, 6.45) is 0. The minimum absolute atomic E-state index is 0.415. The first-order valence-corrected chi connectivity index (χ1v) is 8.36. The van der Waals surface area contributed by atoms with Crippen LogP contribution < -0.4 is 10.1 Å². The minimum Gasteiger partial charge on any atom is -0.456 e. The zero-order valence-corrected chi connectivity index (χ0v) is 14.4. The molecular formula is C19H15F2NO2S. The van der Waals surface area contributed by atoms with Gasteiger partial charge >= 0.3 is 0 Å². The highest BCUT2D eigenvalue weighted by Crippen LogP contribution is 2.32. The van der Waals surface area contributed by atoms with Crippen molar-refractivity contribution in [3.8, 4) is 11.5 Å². The molecule has 128 valence electrons. The highest BCUT2D eigenvalue weighted by molar-refractivity contribution is 7.12. The Morgan fingerprint density at radius 2 is 1.68 bits per heavy atom. The van der Waals surface area contributed by atoms with Gasteiger partial charge < -0.3 is 10.1 Å². The first-order chi connectivity index (χ1) is 11.9. The molecule has 0 fully saturated rings. The first kappa shape index (κ1) is 17.1. The fourth-order valence-electron chi connectivity index (χ4n) is 2.35. The van der Waals surface area contributed by atoms with Gasteiger partial charge in [0.05, 0.1) is 0 Å². The van der Waals surface area contributed by atoms with Gasteiger partial charge in [0.25, 0.3) is 5.91 Å². The predicted molar refractivity (Wildman–Crippen MR) is 94.6 cm³/mol. The highest BCUT2D eigenvalue weighted by Gasteiger charge is 2.17. The van der Waals surface area contributed by atoms with Gasteiger partial charge in [0.1, 0.15) is 28.7 Å². The molecule has 3 aromatic rings. The number of benzene rings is 2. The van der Waals surface area contributed by atoms with Gasteiger partial charge in [0.15, 0.2) is 0 Å². The Labute approximate surface area is 147 Å². The van der Waals surface area contributed by atoms with Crippen molar-refractivity contribution >= 4 is 22.9 Å². The number of rotatable bonds is 4. The Bertz CT molecular complexity index is 899. The van der Waals surface area contributed by atoms with E-state index in [1.54, 1.807) is 35.6 Å². The average Bonchev–Trinajstić information content (AvgIpc) is 2.86. The lowest BCUT2D eigenvalue weighted by Crippen LogP contribution is -2.15. The summed E-state index contributed by atoms with van der Waals surface area (Å²) < 4.78 is 33.1. The third-order valence-corrected chi connectivity index (χ3v) is 4.47. The Hall–Kier alpha value is -2.73. The molecule has 1 aromatic heterocycles. The van der Waals surface area contributed by atoms with E-state index in [1.165, 1.54) is 6.07 Å². The summed E-state index contributed by atoms with van der Waals surface area (Å²) in [5.74, 6) is -1.25. The molecule has 1 heterocycles. The normalized spacial score (nSPS) is 10.6. The standard InChI is InChI=1S/C19H15F2NO2S/c1-11-10-17(12(2)25-11)24-14-8-6-13(7-9-14)22-19(23)18-15(20)4-3-5-16(18)21/h3-10H,1-2H3,(H,22,23). The Morgan fingerprint density at radius 1 is 1.04 bits per heavy atom. The molecule has 0 saturated heterocycles. The molecule has 0 aliphatic carbocycles. The van der Waals surface area contributed by atoms with Crippen LogP contribution in [0.3, 0.4) is 0 Å². The molecule has 0 aliphatic rings. The smallest absolute Gasteiger partial charge is 0.261 e. The average molecular weight is 359 g/mol. The second-order valence-corrected chi connectivity index (χ2v) is 6.92. The maximum absolute atomic E-state index is 13.6. The van der Waals surface area contributed by atoms with Crippen LogP contribution in [0.15, 0.2) is 48.5 Å². The van der Waals surface area contributed by atoms with E-state index in [-0.39, 0.29) is 0 Å². The Morgan fingerprint density at radius 3 is 2.24 bits per heavy atom. The predicted octanol–water partition coefficient (Wildman–Crippen LogP) is 5.69. The molecule has 1 N–H and O–H groups in total. The van der Waals surface area contributed by atoms with E-state index >= 15 is 0 Å². The number of carbonyl (C=O) groups excluding carboxylic acids is 1. The van der Waals surface area contributed by atoms with Crippen LogP contribution in [0.1, 0.15) is 20.1 Å². The maximum Gasteiger partial charge on any atom is 0.261 e. The number of anilines is 1. The molecule has 3 rings (SSSR count). The summed E-state index contributed by atoms with van der Waals surface area (Å²) in [6, 6.07) is 11.8. The van der Waals surface area contributed by atoms with Crippen LogP contribution in [0.4, 0.5) is 14.5 Å². The van der Waals surface area contributed by atoms with E-state index in [0.717, 1.165) is 27.6 Å². The molecule has 25 heavy (non-hydrogen) atoms. The monoisotopic (exact) mass is 359 g/mol. The SMILES string of the molecule is Cc1cc(Oc2ccc(NC(=O)c3c(F)cccc3F)cc2)c(C)s1. The van der Waals surface area contributed by atoms with Crippen molar-refractivity contribution in [3.63, 3.8) is 0 Å². The summed E-state index contributed by atoms with van der Waals surface area (Å²) in [7, 11) is 0. The van der Waals surface area contributed by atoms with Crippen molar-refractivity contribution in [1.29, 1.82) is 0 Å². The van der Waals surface area contributed by atoms with Crippen molar-refractivity contribution in [3.05, 3.63) is 75.5 Å². The van der Waals surface area contributed by atoms with E-state index in [4.69, 9.17) is 4.74 Å². The van der Waals surface area contributed by atoms with Gasteiger partial charge in [-0.3, -0.25) is 4.79 Å². The fourth-order valence-corrected chi connectivity index (χ4v) is 3.20. The van der Waals surface area contributed by atoms with Crippen molar-refractivity contribution in [1.82, 2.24) is 0 Å². The van der Waals surface area contributed by atoms with Gasteiger partial charge in [0.2, 0.25) is 0 Å². The van der Waals surface area contributed by atoms with Crippen molar-refractivity contribution < 1.29 is 18.3 Å². The summed E-state index contributed by atoms with van der Waals surface area (Å²) in [4.78, 5) is 14.3. The topological polar surface area (TPSA) is 38.3 Å². The molecule has 0 saturated carbocycles. The third-order valence-electron chi connectivity index (χ3n) is 3.53. The van der Waals surface area contributed by atoms with Crippen LogP contribution in [-0.2, 0) is 0 Å². The zero-order chi connectivity index (χ0) is 18.0. The van der Waals surface area contributed by atoms with Crippen LogP contribution in [0.5, 0.6) is 11.5 Å². The molecular weight excluding hydrogens is 344 g/mol. The Balaban J connectivity index is 1.72. The first-order valence-electron chi connectivity index (χ1n) is 7.54. The number of aryl methyl sites for hydroxylation is 2. The highest BCUT2D eigenvalue weighted by atomic mass is 32.1. The maximum atomic E-state index is 13.6. The molecule has 0 bridgehead atoms. The van der Waals surface area contributed by atoms with E-state index in [0.29, 0.717) is 11.4 Å². The number of hydrogen-bond donors (Lipinski definition) is 1. The van der Waals surface area contributed by atoms with Gasteiger partial charge in [-0.05, 0) is 56.3 Å². The van der Waals surface area contributed by atoms with E-state index in [1.807, 2.05) is 19.9 Å². The Kier molecular flexibility index (Phi) is 4.81. The molecule has 0 aliphatic heterocycles. The molecule has 3 nitrogen and oxygen atoms in total. The number of nitrogens with one attached hydrogen (secondary N) is 1. The van der Waals surface area contributed by atoms with E-state index < -0.39 is 23.1 Å². The lowest BCUT2D eigenvalue weighted by atomic mass is 10.1. The van der Waals surface area contributed by atoms with Crippen LogP contribution in [0.25, 0.3) is 0 Å². The molecule has 0 spiro atoms. The van der Waals surface area contributed by atoms with Gasteiger partial charge in [-0.2, -0.15) is 0 Å². The number of ether oxygens (including phenoxy) is 1. The van der Waals surface area contributed by atoms with Gasteiger partial charge in [0, 0.05) is 15.4 Å². The molecule has 0 radical (unpaired) electrons. The minimum atomic E-state index is -0.902. The second kappa shape index (κ2) is 7.03. The van der Waals surface area contributed by atoms with E-state index in [9.17, 15) is 13.6 Å². The third kappa shape index (κ3) is 3.85. The quantitative estimate of drug-likeness (QED) is 0.650. The van der Waals surface area contributed by atoms with E-state index in [2.05, 4.69) is 5.32 Å². The number of hydrogen-bond acceptors (Lipinski definition) is 3. The van der Waals surface area contributed by atoms with Crippen molar-refractivity contribution in [2.24, 2.45) is 0 Å². The van der Waals surface area contributed by atoms with Crippen molar-refractivity contribution in [2.75, 3.05) is 5.32 Å². The second-order valence-electron chi connectivity index (χ2n) is 5.45. The van der Waals surface area contributed by atoms with Gasteiger partial charge in [-0.1, -0.05) is 6.07 Å². The number of amides is 1. The largest absolute Gasteiger partial charge is 0.456 e. The summed E-state index contributed by atoms with van der Waals surface area (Å²) in [5.41, 5.74) is -0.189. The van der Waals surface area contributed by atoms with Crippen LogP contribution in [-0.4, -0.2) is 5.91 Å². The lowest BCUT2D eigenvalue weighted by Gasteiger charge is -2.09. The number of thiophene rings is 1. The molecule has 2 aromatic carbocycles. The molecule has 0 unspecified atom stereocenters. The van der Waals surface area contributed by atoms with Crippen LogP contribution >= 0.6 is 11.3 Å². The van der Waals surface area contributed by atoms with Crippen LogP contribution in [0, 0.1) is 25.5 Å². The lowest BCUT2D eigenvalue weighted by molar-refractivity contribution is 0.101. The summed E-state index contributed by atoms with van der Waals surface area (Å²) in [5, 5.41) is 2.47. The zero-order valence-electron chi connectivity index (χ0n) is 13.6. The summed E-state index contributed by atoms with van der Waals surface area (Å²) in [6.45, 7) is 3.98. The summed E-state index contributed by atoms with van der Waals surface area (Å²) >= 11 is 1.65. The fraction of sp³-hybridized carbons (Fsp3) is 0.105. The molecule has 6 heteroatoms. The van der Waals surface area contributed by atoms with Crippen LogP contribution in [0.2, 0.25) is 0 Å². The van der Waals surface area contributed by atoms with Gasteiger partial charge in [-0.25, -0.2) is 8.78 Å². The molecule has 1 amide bonds. The number of carbonyl (C=O) groups is 1.